The molecule has 1 aliphatic carbocycles. The van der Waals surface area contributed by atoms with E-state index in [9.17, 15) is 13.6 Å². The minimum absolute atomic E-state index is 0.183. The first-order valence-corrected chi connectivity index (χ1v) is 12.3. The molecule has 1 fully saturated rings. The number of hydrogen-bond acceptors (Lipinski definition) is 6. The molecule has 0 radical (unpaired) electrons. The van der Waals surface area contributed by atoms with Crippen molar-refractivity contribution in [3.05, 3.63) is 83.3 Å². The highest BCUT2D eigenvalue weighted by atomic mass is 19.2. The summed E-state index contributed by atoms with van der Waals surface area (Å²) in [5.41, 5.74) is 8.65. The van der Waals surface area contributed by atoms with Crippen LogP contribution in [0.5, 0.6) is 0 Å². The van der Waals surface area contributed by atoms with Gasteiger partial charge in [0.05, 0.1) is 11.4 Å². The number of nitrogens with zero attached hydrogens (tertiary/aromatic N) is 3. The minimum atomic E-state index is -0.852. The number of benzene rings is 1. The first-order chi connectivity index (χ1) is 17.5. The zero-order chi connectivity index (χ0) is 25.1. The number of piperidine rings is 1. The van der Waals surface area contributed by atoms with Gasteiger partial charge in [-0.05, 0) is 73.4 Å². The van der Waals surface area contributed by atoms with Crippen LogP contribution >= 0.6 is 0 Å². The van der Waals surface area contributed by atoms with Gasteiger partial charge in [0, 0.05) is 31.5 Å². The summed E-state index contributed by atoms with van der Waals surface area (Å²) in [6.07, 6.45) is 5.44. The summed E-state index contributed by atoms with van der Waals surface area (Å²) >= 11 is 0. The molecule has 3 N–H and O–H groups in total. The molecule has 0 saturated carbocycles. The molecule has 2 aliphatic rings. The number of amides is 1. The summed E-state index contributed by atoms with van der Waals surface area (Å²) in [7, 11) is 0. The molecule has 0 spiro atoms. The standard InChI is InChI=1S/C27H29F2N5O2/c28-21-6-1-5-20(24(21)29)17-8-9-23(25-18(16-17)4-2-12-31-25)36-27(35)34-14-10-19(11-15-34)33-22-7-3-13-32-26(22)30/h1-7,12-13,17,19,23,33H,8-11,14-16H2,(H2,30,32)/t17-,23-/m1/s1. The maximum absolute atomic E-state index is 14.5. The Labute approximate surface area is 208 Å². The number of anilines is 2. The van der Waals surface area contributed by atoms with Crippen molar-refractivity contribution in [2.24, 2.45) is 0 Å². The Morgan fingerprint density at radius 2 is 1.78 bits per heavy atom. The molecule has 1 aliphatic heterocycles. The van der Waals surface area contributed by atoms with E-state index >= 15 is 0 Å². The Morgan fingerprint density at radius 1 is 1.00 bits per heavy atom. The van der Waals surface area contributed by atoms with E-state index in [1.165, 1.54) is 6.07 Å². The number of carbonyl (C=O) groups excluding carboxylic acids is 1. The zero-order valence-corrected chi connectivity index (χ0v) is 19.9. The molecule has 36 heavy (non-hydrogen) atoms. The van der Waals surface area contributed by atoms with Crippen LogP contribution in [0.4, 0.5) is 25.1 Å². The zero-order valence-electron chi connectivity index (χ0n) is 19.9. The highest BCUT2D eigenvalue weighted by Crippen LogP contribution is 2.38. The number of pyridine rings is 2. The number of ether oxygens (including phenoxy) is 1. The summed E-state index contributed by atoms with van der Waals surface area (Å²) < 4.78 is 34.4. The number of fused-ring (bicyclic) bond motifs is 1. The molecular formula is C27H29F2N5O2. The molecule has 5 rings (SSSR count). The third kappa shape index (κ3) is 5.10. The van der Waals surface area contributed by atoms with E-state index in [4.69, 9.17) is 10.5 Å². The van der Waals surface area contributed by atoms with Crippen molar-refractivity contribution in [3.63, 3.8) is 0 Å². The van der Waals surface area contributed by atoms with Crippen molar-refractivity contribution in [3.8, 4) is 0 Å². The van der Waals surface area contributed by atoms with Crippen LogP contribution in [0.1, 0.15) is 54.5 Å². The van der Waals surface area contributed by atoms with Crippen LogP contribution in [0.3, 0.4) is 0 Å². The lowest BCUT2D eigenvalue weighted by atomic mass is 9.90. The van der Waals surface area contributed by atoms with Crippen LogP contribution in [0, 0.1) is 11.6 Å². The maximum atomic E-state index is 14.5. The topological polar surface area (TPSA) is 93.4 Å². The van der Waals surface area contributed by atoms with Crippen molar-refractivity contribution < 1.29 is 18.3 Å². The molecule has 1 aromatic carbocycles. The van der Waals surface area contributed by atoms with E-state index in [1.54, 1.807) is 23.4 Å². The quantitative estimate of drug-likeness (QED) is 0.485. The van der Waals surface area contributed by atoms with Gasteiger partial charge in [-0.1, -0.05) is 18.2 Å². The number of halogens is 2. The second-order valence-corrected chi connectivity index (χ2v) is 9.38. The maximum Gasteiger partial charge on any atom is 0.410 e. The number of nitrogen functional groups attached to an aromatic ring is 1. The molecule has 2 aromatic heterocycles. The van der Waals surface area contributed by atoms with Crippen LogP contribution < -0.4 is 11.1 Å². The second-order valence-electron chi connectivity index (χ2n) is 9.38. The summed E-state index contributed by atoms with van der Waals surface area (Å²) in [4.78, 5) is 23.4. The lowest BCUT2D eigenvalue weighted by Crippen LogP contribution is -2.43. The highest BCUT2D eigenvalue weighted by Gasteiger charge is 2.32. The van der Waals surface area contributed by atoms with Gasteiger partial charge in [-0.2, -0.15) is 0 Å². The average molecular weight is 494 g/mol. The summed E-state index contributed by atoms with van der Waals surface area (Å²) in [5.74, 6) is -1.44. The van der Waals surface area contributed by atoms with E-state index < -0.39 is 17.7 Å². The molecule has 7 nitrogen and oxygen atoms in total. The van der Waals surface area contributed by atoms with Crippen molar-refractivity contribution in [2.75, 3.05) is 24.1 Å². The molecule has 2 atom stereocenters. The highest BCUT2D eigenvalue weighted by molar-refractivity contribution is 5.68. The fraction of sp³-hybridized carbons (Fsp3) is 0.370. The fourth-order valence-corrected chi connectivity index (χ4v) is 5.15. The van der Waals surface area contributed by atoms with E-state index in [1.807, 2.05) is 24.3 Å². The molecule has 0 unspecified atom stereocenters. The van der Waals surface area contributed by atoms with Crippen LogP contribution in [0.25, 0.3) is 0 Å². The number of rotatable bonds is 4. The molecule has 1 amide bonds. The number of aromatic nitrogens is 2. The third-order valence-corrected chi connectivity index (χ3v) is 7.09. The predicted octanol–water partition coefficient (Wildman–Crippen LogP) is 5.21. The van der Waals surface area contributed by atoms with E-state index in [2.05, 4.69) is 15.3 Å². The van der Waals surface area contributed by atoms with Crippen molar-refractivity contribution >= 4 is 17.6 Å². The summed E-state index contributed by atoms with van der Waals surface area (Å²) in [6.45, 7) is 1.10. The summed E-state index contributed by atoms with van der Waals surface area (Å²) in [6, 6.07) is 11.9. The van der Waals surface area contributed by atoms with Crippen LogP contribution in [-0.4, -0.2) is 40.1 Å². The second kappa shape index (κ2) is 10.5. The van der Waals surface area contributed by atoms with Gasteiger partial charge in [-0.25, -0.2) is 18.6 Å². The van der Waals surface area contributed by atoms with Gasteiger partial charge in [-0.3, -0.25) is 4.98 Å². The van der Waals surface area contributed by atoms with E-state index in [0.717, 1.165) is 30.2 Å². The average Bonchev–Trinajstić information content (AvgIpc) is 3.07. The van der Waals surface area contributed by atoms with E-state index in [-0.39, 0.29) is 18.1 Å². The first kappa shape index (κ1) is 24.0. The predicted molar refractivity (Wildman–Crippen MR) is 132 cm³/mol. The van der Waals surface area contributed by atoms with Gasteiger partial charge < -0.3 is 20.7 Å². The number of hydrogen-bond donors (Lipinski definition) is 2. The normalized spacial score (nSPS) is 20.3. The Hall–Kier alpha value is -3.75. The molecule has 188 valence electrons. The molecule has 1 saturated heterocycles. The van der Waals surface area contributed by atoms with Crippen LogP contribution in [0.2, 0.25) is 0 Å². The van der Waals surface area contributed by atoms with Crippen LogP contribution in [0.15, 0.2) is 54.9 Å². The smallest absolute Gasteiger partial charge is 0.410 e. The monoisotopic (exact) mass is 493 g/mol. The summed E-state index contributed by atoms with van der Waals surface area (Å²) in [5, 5.41) is 3.41. The van der Waals surface area contributed by atoms with Gasteiger partial charge in [0.15, 0.2) is 11.6 Å². The Balaban J connectivity index is 1.24. The molecule has 3 aromatic rings. The Bertz CT molecular complexity index is 1230. The minimum Gasteiger partial charge on any atom is -0.440 e. The Kier molecular flexibility index (Phi) is 6.97. The molecular weight excluding hydrogens is 464 g/mol. The molecule has 0 bridgehead atoms. The van der Waals surface area contributed by atoms with Crippen molar-refractivity contribution in [1.82, 2.24) is 14.9 Å². The Morgan fingerprint density at radius 3 is 2.58 bits per heavy atom. The molecule has 3 heterocycles. The van der Waals surface area contributed by atoms with Gasteiger partial charge in [0.25, 0.3) is 0 Å². The third-order valence-electron chi connectivity index (χ3n) is 7.09. The van der Waals surface area contributed by atoms with Gasteiger partial charge in [-0.15, -0.1) is 0 Å². The number of nitrogens with two attached hydrogens (primary N) is 1. The van der Waals surface area contributed by atoms with Crippen molar-refractivity contribution in [1.29, 1.82) is 0 Å². The number of nitrogens with one attached hydrogen (secondary N) is 1. The number of likely N-dealkylation sites (tertiary alicyclic amines) is 1. The number of carbonyl (C=O) groups is 1. The molecule has 9 heteroatoms. The van der Waals surface area contributed by atoms with E-state index in [0.29, 0.717) is 49.4 Å². The van der Waals surface area contributed by atoms with Gasteiger partial charge in [0.1, 0.15) is 11.9 Å². The first-order valence-electron chi connectivity index (χ1n) is 12.3. The lowest BCUT2D eigenvalue weighted by molar-refractivity contribution is 0.0503. The van der Waals surface area contributed by atoms with Crippen molar-refractivity contribution in [2.45, 2.75) is 50.2 Å². The fourth-order valence-electron chi connectivity index (χ4n) is 5.15. The van der Waals surface area contributed by atoms with Gasteiger partial charge >= 0.3 is 6.09 Å². The lowest BCUT2D eigenvalue weighted by Gasteiger charge is -2.33. The SMILES string of the molecule is Nc1ncccc1NC1CCN(C(=O)O[C@@H]2CC[C@@H](c3cccc(F)c3F)Cc3cccnc32)CC1. The van der Waals surface area contributed by atoms with Crippen LogP contribution in [-0.2, 0) is 11.2 Å². The van der Waals surface area contributed by atoms with Gasteiger partial charge in [0.2, 0.25) is 0 Å². The largest absolute Gasteiger partial charge is 0.440 e.